The lowest BCUT2D eigenvalue weighted by Crippen LogP contribution is -2.40. The van der Waals surface area contributed by atoms with Crippen LogP contribution in [0, 0.1) is 0 Å². The zero-order valence-electron chi connectivity index (χ0n) is 14.1. The van der Waals surface area contributed by atoms with Crippen molar-refractivity contribution in [3.8, 4) is 5.75 Å². The predicted octanol–water partition coefficient (Wildman–Crippen LogP) is 3.43. The van der Waals surface area contributed by atoms with Crippen LogP contribution in [0.25, 0.3) is 0 Å². The van der Waals surface area contributed by atoms with Crippen LogP contribution in [0.15, 0.2) is 18.2 Å². The smallest absolute Gasteiger partial charge is 0.119 e. The topological polar surface area (TPSA) is 72.3 Å². The molecular weight excluding hydrogens is 260 g/mol. The molecule has 1 rings (SSSR count). The Labute approximate surface area is 129 Å². The van der Waals surface area contributed by atoms with Crippen molar-refractivity contribution in [1.82, 2.24) is 0 Å². The molecule has 0 aliphatic rings. The van der Waals surface area contributed by atoms with Gasteiger partial charge in [0.05, 0.1) is 0 Å². The normalized spacial score (nSPS) is 12.7. The molecule has 0 amide bonds. The number of aromatic hydroxyl groups is 1. The van der Waals surface area contributed by atoms with Crippen molar-refractivity contribution in [3.05, 3.63) is 29.3 Å². The maximum Gasteiger partial charge on any atom is 0.119 e. The summed E-state index contributed by atoms with van der Waals surface area (Å²) in [4.78, 5) is 0. The minimum Gasteiger partial charge on any atom is -0.508 e. The van der Waals surface area contributed by atoms with Crippen LogP contribution in [0.1, 0.15) is 64.5 Å². The molecule has 0 aliphatic heterocycles. The fourth-order valence-corrected chi connectivity index (χ4v) is 3.56. The van der Waals surface area contributed by atoms with Crippen LogP contribution < -0.4 is 11.5 Å². The van der Waals surface area contributed by atoms with Crippen molar-refractivity contribution in [3.63, 3.8) is 0 Å². The van der Waals surface area contributed by atoms with Gasteiger partial charge in [-0.05, 0) is 37.3 Å². The first-order valence-corrected chi connectivity index (χ1v) is 8.23. The van der Waals surface area contributed by atoms with Gasteiger partial charge in [0.25, 0.3) is 0 Å². The average Bonchev–Trinajstić information content (AvgIpc) is 2.53. The van der Waals surface area contributed by atoms with Gasteiger partial charge in [0.2, 0.25) is 0 Å². The highest BCUT2D eigenvalue weighted by Crippen LogP contribution is 2.44. The summed E-state index contributed by atoms with van der Waals surface area (Å²) < 4.78 is 0. The van der Waals surface area contributed by atoms with E-state index in [-0.39, 0.29) is 10.8 Å². The molecule has 0 unspecified atom stereocenters. The fourth-order valence-electron chi connectivity index (χ4n) is 3.56. The SMILES string of the molecule is CCC(CC)(CN)c1cccc(O)c1C(CC)(CC)CN. The molecule has 1 aromatic rings. The number of rotatable bonds is 8. The van der Waals surface area contributed by atoms with E-state index >= 15 is 0 Å². The van der Waals surface area contributed by atoms with Gasteiger partial charge in [-0.15, -0.1) is 0 Å². The van der Waals surface area contributed by atoms with Gasteiger partial charge in [0, 0.05) is 29.5 Å². The van der Waals surface area contributed by atoms with Crippen molar-refractivity contribution in [2.45, 2.75) is 64.2 Å². The number of phenolic OH excluding ortho intramolecular Hbond substituents is 1. The van der Waals surface area contributed by atoms with Crippen LogP contribution in [-0.2, 0) is 10.8 Å². The lowest BCUT2D eigenvalue weighted by molar-refractivity contribution is 0.346. The van der Waals surface area contributed by atoms with E-state index in [1.165, 1.54) is 5.56 Å². The van der Waals surface area contributed by atoms with Gasteiger partial charge in [0.15, 0.2) is 0 Å². The molecule has 1 aromatic carbocycles. The lowest BCUT2D eigenvalue weighted by Gasteiger charge is -2.40. The second-order valence-corrected chi connectivity index (χ2v) is 6.08. The Balaban J connectivity index is 3.66. The van der Waals surface area contributed by atoms with Crippen LogP contribution in [0.2, 0.25) is 0 Å². The molecular formula is C18H32N2O. The molecule has 0 spiro atoms. The number of hydrogen-bond acceptors (Lipinski definition) is 3. The van der Waals surface area contributed by atoms with E-state index in [4.69, 9.17) is 11.5 Å². The summed E-state index contributed by atoms with van der Waals surface area (Å²) in [6, 6.07) is 5.84. The first-order chi connectivity index (χ1) is 10.0. The zero-order chi connectivity index (χ0) is 16.1. The minimum absolute atomic E-state index is 0.0845. The van der Waals surface area contributed by atoms with E-state index < -0.39 is 0 Å². The molecule has 0 radical (unpaired) electrons. The van der Waals surface area contributed by atoms with Crippen LogP contribution >= 0.6 is 0 Å². The summed E-state index contributed by atoms with van der Waals surface area (Å²) in [6.45, 7) is 9.77. The third-order valence-electron chi connectivity index (χ3n) is 5.63. The number of phenols is 1. The van der Waals surface area contributed by atoms with E-state index in [1.807, 2.05) is 6.07 Å². The molecule has 3 nitrogen and oxygen atoms in total. The summed E-state index contributed by atoms with van der Waals surface area (Å²) in [5.41, 5.74) is 14.2. The lowest BCUT2D eigenvalue weighted by atomic mass is 9.66. The van der Waals surface area contributed by atoms with Crippen molar-refractivity contribution in [2.24, 2.45) is 11.5 Å². The Morgan fingerprint density at radius 1 is 0.857 bits per heavy atom. The molecule has 0 fully saturated rings. The summed E-state index contributed by atoms with van der Waals surface area (Å²) >= 11 is 0. The van der Waals surface area contributed by atoms with E-state index in [0.717, 1.165) is 31.2 Å². The van der Waals surface area contributed by atoms with Crippen molar-refractivity contribution < 1.29 is 5.11 Å². The average molecular weight is 292 g/mol. The Kier molecular flexibility index (Phi) is 6.24. The third kappa shape index (κ3) is 2.95. The zero-order valence-corrected chi connectivity index (χ0v) is 14.1. The second kappa shape index (κ2) is 7.28. The molecule has 21 heavy (non-hydrogen) atoms. The minimum atomic E-state index is -0.175. The molecule has 0 saturated carbocycles. The van der Waals surface area contributed by atoms with Crippen LogP contribution in [0.3, 0.4) is 0 Å². The number of hydrogen-bond donors (Lipinski definition) is 3. The quantitative estimate of drug-likeness (QED) is 0.687. The van der Waals surface area contributed by atoms with E-state index in [0.29, 0.717) is 18.8 Å². The van der Waals surface area contributed by atoms with Gasteiger partial charge in [-0.3, -0.25) is 0 Å². The van der Waals surface area contributed by atoms with Gasteiger partial charge < -0.3 is 16.6 Å². The highest BCUT2D eigenvalue weighted by Gasteiger charge is 2.38. The molecule has 0 bridgehead atoms. The maximum absolute atomic E-state index is 10.6. The maximum atomic E-state index is 10.6. The van der Waals surface area contributed by atoms with Crippen molar-refractivity contribution >= 4 is 0 Å². The highest BCUT2D eigenvalue weighted by atomic mass is 16.3. The first-order valence-electron chi connectivity index (χ1n) is 8.23. The van der Waals surface area contributed by atoms with Crippen LogP contribution in [-0.4, -0.2) is 18.2 Å². The summed E-state index contributed by atoms with van der Waals surface area (Å²) in [5.74, 6) is 0.362. The summed E-state index contributed by atoms with van der Waals surface area (Å²) in [6.07, 6.45) is 3.76. The molecule has 0 aliphatic carbocycles. The summed E-state index contributed by atoms with van der Waals surface area (Å²) in [7, 11) is 0. The van der Waals surface area contributed by atoms with Gasteiger partial charge in [-0.1, -0.05) is 39.8 Å². The van der Waals surface area contributed by atoms with Crippen LogP contribution in [0.5, 0.6) is 5.75 Å². The monoisotopic (exact) mass is 292 g/mol. The van der Waals surface area contributed by atoms with E-state index in [1.54, 1.807) is 6.07 Å². The molecule has 120 valence electrons. The molecule has 0 heterocycles. The molecule has 0 saturated heterocycles. The number of benzene rings is 1. The Bertz CT molecular complexity index is 432. The summed E-state index contributed by atoms with van der Waals surface area (Å²) in [5, 5.41) is 10.6. The number of nitrogens with two attached hydrogens (primary N) is 2. The molecule has 5 N–H and O–H groups in total. The molecule has 3 heteroatoms. The fraction of sp³-hybridized carbons (Fsp3) is 0.667. The highest BCUT2D eigenvalue weighted by molar-refractivity contribution is 5.49. The predicted molar refractivity (Wildman–Crippen MR) is 90.7 cm³/mol. The van der Waals surface area contributed by atoms with Gasteiger partial charge in [-0.25, -0.2) is 0 Å². The molecule has 0 aromatic heterocycles. The Morgan fingerprint density at radius 3 is 1.71 bits per heavy atom. The standard InChI is InChI=1S/C18H32N2O/c1-5-17(6-2,12-19)14-10-9-11-15(21)16(14)18(7-3,8-4)13-20/h9-11,21H,5-8,12-13,19-20H2,1-4H3. The van der Waals surface area contributed by atoms with Crippen molar-refractivity contribution in [1.29, 1.82) is 0 Å². The molecule has 0 atom stereocenters. The van der Waals surface area contributed by atoms with Crippen molar-refractivity contribution in [2.75, 3.05) is 13.1 Å². The van der Waals surface area contributed by atoms with Gasteiger partial charge in [0.1, 0.15) is 5.75 Å². The Hall–Kier alpha value is -1.06. The van der Waals surface area contributed by atoms with Crippen LogP contribution in [0.4, 0.5) is 0 Å². The largest absolute Gasteiger partial charge is 0.508 e. The van der Waals surface area contributed by atoms with E-state index in [2.05, 4.69) is 33.8 Å². The third-order valence-corrected chi connectivity index (χ3v) is 5.63. The second-order valence-electron chi connectivity index (χ2n) is 6.08. The Morgan fingerprint density at radius 2 is 1.33 bits per heavy atom. The van der Waals surface area contributed by atoms with Gasteiger partial charge in [-0.2, -0.15) is 0 Å². The van der Waals surface area contributed by atoms with E-state index in [9.17, 15) is 5.11 Å². The van der Waals surface area contributed by atoms with Gasteiger partial charge >= 0.3 is 0 Å². The first kappa shape index (κ1) is 18.0.